The molecule has 0 bridgehead atoms. The fraction of sp³-hybridized carbons (Fsp3) is 0.500. The predicted molar refractivity (Wildman–Crippen MR) is 131 cm³/mol. The highest BCUT2D eigenvalue weighted by Gasteiger charge is 2.32. The molecule has 4 atom stereocenters. The summed E-state index contributed by atoms with van der Waals surface area (Å²) in [5.74, 6) is -0.946. The number of nitrogens with one attached hydrogen (secondary N) is 1. The number of hydrogen-bond donors (Lipinski definition) is 3. The molecule has 8 heteroatoms. The van der Waals surface area contributed by atoms with Gasteiger partial charge in [0.2, 0.25) is 0 Å². The molecule has 2 aromatic carbocycles. The number of carboxylic acids is 1. The second-order valence-corrected chi connectivity index (χ2v) is 10.1. The van der Waals surface area contributed by atoms with E-state index in [-0.39, 0.29) is 30.4 Å². The average Bonchev–Trinajstić information content (AvgIpc) is 2.76. The largest absolute Gasteiger partial charge is 0.490 e. The zero-order valence-electron chi connectivity index (χ0n) is 19.9. The van der Waals surface area contributed by atoms with E-state index < -0.39 is 17.4 Å². The lowest BCUT2D eigenvalue weighted by Gasteiger charge is -2.43. The van der Waals surface area contributed by atoms with E-state index in [1.54, 1.807) is 6.92 Å². The number of rotatable bonds is 10. The monoisotopic (exact) mass is 492 g/mol. The molecule has 1 aliphatic heterocycles. The van der Waals surface area contributed by atoms with E-state index in [1.165, 1.54) is 17.7 Å². The number of halogens is 2. The molecule has 6 nitrogen and oxygen atoms in total. The molecule has 0 aromatic heterocycles. The van der Waals surface area contributed by atoms with Crippen molar-refractivity contribution in [3.63, 3.8) is 0 Å². The van der Waals surface area contributed by atoms with Crippen LogP contribution in [-0.4, -0.2) is 58.5 Å². The van der Waals surface area contributed by atoms with Gasteiger partial charge in [-0.05, 0) is 62.1 Å². The maximum Gasteiger partial charge on any atom is 0.307 e. The third-order valence-corrected chi connectivity index (χ3v) is 6.63. The number of aliphatic hydroxyl groups is 1. The first-order chi connectivity index (χ1) is 16.0. The highest BCUT2D eigenvalue weighted by atomic mass is 35.5. The molecule has 186 valence electrons. The molecule has 0 saturated carbocycles. The Kier molecular flexibility index (Phi) is 8.93. The van der Waals surface area contributed by atoms with Crippen LogP contribution in [-0.2, 0) is 17.8 Å². The van der Waals surface area contributed by atoms with Gasteiger partial charge in [0, 0.05) is 42.3 Å². The van der Waals surface area contributed by atoms with Crippen LogP contribution in [0.3, 0.4) is 0 Å². The Morgan fingerprint density at radius 1 is 1.26 bits per heavy atom. The van der Waals surface area contributed by atoms with Crippen molar-refractivity contribution in [2.75, 3.05) is 19.7 Å². The fourth-order valence-corrected chi connectivity index (χ4v) is 4.51. The van der Waals surface area contributed by atoms with Crippen molar-refractivity contribution in [1.29, 1.82) is 0 Å². The van der Waals surface area contributed by atoms with Crippen molar-refractivity contribution >= 4 is 17.6 Å². The van der Waals surface area contributed by atoms with Gasteiger partial charge in [0.15, 0.2) is 0 Å². The van der Waals surface area contributed by atoms with Gasteiger partial charge in [0.05, 0.1) is 6.42 Å². The Hall–Kier alpha value is -2.19. The standard InChI is InChI=1S/C26H34ClFN2O4/c1-17-13-30(14-19-4-6-21(27)7-5-19)18(2)10-23(17)29-15-26(3,33)16-34-24-9-8-22(28)11-20(24)12-25(31)32/h4-9,11,17-18,23,29,33H,10,12-16H2,1-3H3,(H,31,32)/t17-,18+,23+,26?/m1/s1. The molecule has 1 saturated heterocycles. The first-order valence-electron chi connectivity index (χ1n) is 11.6. The minimum absolute atomic E-state index is 0.0440. The summed E-state index contributed by atoms with van der Waals surface area (Å²) in [7, 11) is 0. The lowest BCUT2D eigenvalue weighted by molar-refractivity contribution is -0.136. The topological polar surface area (TPSA) is 82.0 Å². The van der Waals surface area contributed by atoms with Crippen LogP contribution in [0.4, 0.5) is 4.39 Å². The van der Waals surface area contributed by atoms with Gasteiger partial charge in [-0.25, -0.2) is 4.39 Å². The minimum Gasteiger partial charge on any atom is -0.490 e. The minimum atomic E-state index is -1.18. The first kappa shape index (κ1) is 26.4. The number of piperidine rings is 1. The average molecular weight is 493 g/mol. The summed E-state index contributed by atoms with van der Waals surface area (Å²) in [5, 5.41) is 24.1. The molecule has 1 aliphatic rings. The first-order valence-corrected chi connectivity index (χ1v) is 12.0. The highest BCUT2D eigenvalue weighted by Crippen LogP contribution is 2.26. The number of likely N-dealkylation sites (tertiary alicyclic amines) is 1. The second kappa shape index (κ2) is 11.5. The Morgan fingerprint density at radius 2 is 1.97 bits per heavy atom. The van der Waals surface area contributed by atoms with Crippen molar-refractivity contribution in [2.24, 2.45) is 5.92 Å². The van der Waals surface area contributed by atoms with Gasteiger partial charge in [-0.3, -0.25) is 9.69 Å². The molecule has 0 radical (unpaired) electrons. The van der Waals surface area contributed by atoms with E-state index in [0.717, 1.165) is 30.6 Å². The van der Waals surface area contributed by atoms with Crippen molar-refractivity contribution in [2.45, 2.75) is 57.8 Å². The fourth-order valence-electron chi connectivity index (χ4n) is 4.38. The van der Waals surface area contributed by atoms with Gasteiger partial charge in [-0.2, -0.15) is 0 Å². The van der Waals surface area contributed by atoms with E-state index in [0.29, 0.717) is 18.5 Å². The van der Waals surface area contributed by atoms with Crippen LogP contribution in [0.15, 0.2) is 42.5 Å². The van der Waals surface area contributed by atoms with E-state index in [1.807, 2.05) is 12.1 Å². The van der Waals surface area contributed by atoms with Crippen LogP contribution in [0.25, 0.3) is 0 Å². The number of hydrogen-bond acceptors (Lipinski definition) is 5. The third-order valence-electron chi connectivity index (χ3n) is 6.37. The maximum atomic E-state index is 13.5. The molecule has 0 spiro atoms. The number of carboxylic acid groups (broad SMARTS) is 1. The third kappa shape index (κ3) is 7.67. The number of ether oxygens (including phenoxy) is 1. The van der Waals surface area contributed by atoms with Crippen molar-refractivity contribution < 1.29 is 24.1 Å². The summed E-state index contributed by atoms with van der Waals surface area (Å²) in [6.45, 7) is 8.19. The Morgan fingerprint density at radius 3 is 2.65 bits per heavy atom. The Bertz CT molecular complexity index is 970. The SMILES string of the molecule is C[C@@H]1CN(Cc2ccc(Cl)cc2)[C@@H](C)C[C@@H]1NCC(C)(O)COc1ccc(F)cc1CC(=O)O. The summed E-state index contributed by atoms with van der Waals surface area (Å²) in [5.41, 5.74) is 0.294. The van der Waals surface area contributed by atoms with E-state index in [2.05, 4.69) is 36.2 Å². The van der Waals surface area contributed by atoms with Crippen LogP contribution in [0.2, 0.25) is 5.02 Å². The van der Waals surface area contributed by atoms with Crippen LogP contribution < -0.4 is 10.1 Å². The molecule has 1 fully saturated rings. The van der Waals surface area contributed by atoms with Gasteiger partial charge in [-0.15, -0.1) is 0 Å². The van der Waals surface area contributed by atoms with Gasteiger partial charge >= 0.3 is 5.97 Å². The molecule has 3 rings (SSSR count). The van der Waals surface area contributed by atoms with Gasteiger partial charge in [-0.1, -0.05) is 30.7 Å². The van der Waals surface area contributed by atoms with E-state index in [4.69, 9.17) is 21.4 Å². The van der Waals surface area contributed by atoms with E-state index in [9.17, 15) is 14.3 Å². The molecule has 1 heterocycles. The van der Waals surface area contributed by atoms with Gasteiger partial charge in [0.1, 0.15) is 23.8 Å². The van der Waals surface area contributed by atoms with Crippen LogP contribution in [0.5, 0.6) is 5.75 Å². The van der Waals surface area contributed by atoms with E-state index >= 15 is 0 Å². The van der Waals surface area contributed by atoms with Crippen molar-refractivity contribution in [1.82, 2.24) is 10.2 Å². The molecule has 0 aliphatic carbocycles. The highest BCUT2D eigenvalue weighted by molar-refractivity contribution is 6.30. The van der Waals surface area contributed by atoms with Crippen molar-refractivity contribution in [3.8, 4) is 5.75 Å². The smallest absolute Gasteiger partial charge is 0.307 e. The number of aliphatic carboxylic acids is 1. The van der Waals surface area contributed by atoms with Crippen molar-refractivity contribution in [3.05, 3.63) is 64.4 Å². The van der Waals surface area contributed by atoms with Gasteiger partial charge in [0.25, 0.3) is 0 Å². The zero-order valence-corrected chi connectivity index (χ0v) is 20.7. The normalized spacial score (nSPS) is 22.8. The summed E-state index contributed by atoms with van der Waals surface area (Å²) in [6, 6.07) is 12.3. The summed E-state index contributed by atoms with van der Waals surface area (Å²) in [4.78, 5) is 13.5. The van der Waals surface area contributed by atoms with Crippen LogP contribution >= 0.6 is 11.6 Å². The maximum absolute atomic E-state index is 13.5. The molecular formula is C26H34ClFN2O4. The predicted octanol–water partition coefficient (Wildman–Crippen LogP) is 4.12. The summed E-state index contributed by atoms with van der Waals surface area (Å²) < 4.78 is 19.2. The van der Waals surface area contributed by atoms with Gasteiger partial charge < -0.3 is 20.3 Å². The Balaban J connectivity index is 1.51. The molecular weight excluding hydrogens is 459 g/mol. The molecule has 1 unspecified atom stereocenters. The molecule has 3 N–H and O–H groups in total. The number of benzene rings is 2. The number of nitrogens with zero attached hydrogens (tertiary/aromatic N) is 1. The lowest BCUT2D eigenvalue weighted by atomic mass is 9.88. The lowest BCUT2D eigenvalue weighted by Crippen LogP contribution is -2.55. The van der Waals surface area contributed by atoms with Crippen LogP contribution in [0.1, 0.15) is 38.3 Å². The molecule has 2 aromatic rings. The molecule has 0 amide bonds. The summed E-state index contributed by atoms with van der Waals surface area (Å²) >= 11 is 6.00. The Labute approximate surface area is 205 Å². The number of carbonyl (C=O) groups is 1. The zero-order chi connectivity index (χ0) is 24.9. The molecule has 34 heavy (non-hydrogen) atoms. The quantitative estimate of drug-likeness (QED) is 0.463. The second-order valence-electron chi connectivity index (χ2n) is 9.71. The van der Waals surface area contributed by atoms with Crippen LogP contribution in [0, 0.1) is 11.7 Å². The summed E-state index contributed by atoms with van der Waals surface area (Å²) in [6.07, 6.45) is 0.601.